The smallest absolute Gasteiger partial charge is 0.0558 e. The van der Waals surface area contributed by atoms with E-state index in [1.54, 1.807) is 0 Å². The lowest BCUT2D eigenvalue weighted by molar-refractivity contribution is 0.164. The summed E-state index contributed by atoms with van der Waals surface area (Å²) in [5.41, 5.74) is 1.48. The molecule has 0 bridgehead atoms. The molecule has 1 atom stereocenters. The molecule has 1 aliphatic rings. The molecule has 21 heavy (non-hydrogen) atoms. The standard InChI is InChI=1S/C18H30N2O/c1-3-11-20(12-13-21)15-18(2,14-19-17-9-10-17)16-7-5-4-6-8-16/h4-8,17,19,21H,3,9-15H2,1-2H3. The van der Waals surface area contributed by atoms with Crippen LogP contribution in [-0.4, -0.2) is 48.8 Å². The molecule has 1 fully saturated rings. The highest BCUT2D eigenvalue weighted by molar-refractivity contribution is 5.26. The number of rotatable bonds is 10. The zero-order valence-corrected chi connectivity index (χ0v) is 13.5. The van der Waals surface area contributed by atoms with E-state index in [-0.39, 0.29) is 12.0 Å². The van der Waals surface area contributed by atoms with Gasteiger partial charge in [0, 0.05) is 31.1 Å². The van der Waals surface area contributed by atoms with Crippen molar-refractivity contribution in [3.63, 3.8) is 0 Å². The fourth-order valence-corrected chi connectivity index (χ4v) is 2.97. The average molecular weight is 290 g/mol. The molecule has 2 rings (SSSR count). The van der Waals surface area contributed by atoms with Crippen molar-refractivity contribution in [1.29, 1.82) is 0 Å². The monoisotopic (exact) mass is 290 g/mol. The number of aliphatic hydroxyl groups excluding tert-OH is 1. The van der Waals surface area contributed by atoms with Crippen LogP contribution in [0.15, 0.2) is 30.3 Å². The van der Waals surface area contributed by atoms with E-state index in [4.69, 9.17) is 0 Å². The van der Waals surface area contributed by atoms with Crippen LogP contribution in [0.3, 0.4) is 0 Å². The molecular formula is C18H30N2O. The Bertz CT molecular complexity index is 399. The van der Waals surface area contributed by atoms with Crippen LogP contribution in [0.25, 0.3) is 0 Å². The normalized spacial score (nSPS) is 17.9. The van der Waals surface area contributed by atoms with E-state index in [1.165, 1.54) is 18.4 Å². The molecule has 1 aromatic carbocycles. The highest BCUT2D eigenvalue weighted by Crippen LogP contribution is 2.27. The third-order valence-electron chi connectivity index (χ3n) is 4.36. The molecule has 1 aromatic rings. The van der Waals surface area contributed by atoms with Gasteiger partial charge >= 0.3 is 0 Å². The molecule has 0 saturated heterocycles. The lowest BCUT2D eigenvalue weighted by Gasteiger charge is -2.36. The summed E-state index contributed by atoms with van der Waals surface area (Å²) in [6, 6.07) is 11.5. The predicted octanol–water partition coefficient (Wildman–Crippen LogP) is 2.40. The molecule has 0 spiro atoms. The van der Waals surface area contributed by atoms with E-state index in [0.717, 1.165) is 38.6 Å². The minimum Gasteiger partial charge on any atom is -0.395 e. The molecule has 0 aromatic heterocycles. The molecule has 0 aliphatic heterocycles. The molecule has 1 unspecified atom stereocenters. The molecule has 3 nitrogen and oxygen atoms in total. The van der Waals surface area contributed by atoms with Crippen molar-refractivity contribution in [1.82, 2.24) is 10.2 Å². The second kappa shape index (κ2) is 7.92. The average Bonchev–Trinajstić information content (AvgIpc) is 3.31. The van der Waals surface area contributed by atoms with Crippen LogP contribution in [0.5, 0.6) is 0 Å². The molecule has 1 aliphatic carbocycles. The number of hydrogen-bond acceptors (Lipinski definition) is 3. The summed E-state index contributed by atoms with van der Waals surface area (Å²) < 4.78 is 0. The first kappa shape index (κ1) is 16.5. The Balaban J connectivity index is 2.09. The number of nitrogens with zero attached hydrogens (tertiary/aromatic N) is 1. The Morgan fingerprint density at radius 2 is 1.95 bits per heavy atom. The number of hydrogen-bond donors (Lipinski definition) is 2. The highest BCUT2D eigenvalue weighted by Gasteiger charge is 2.31. The SMILES string of the molecule is CCCN(CCO)CC(C)(CNC1CC1)c1ccccc1. The molecule has 3 heteroatoms. The second-order valence-corrected chi connectivity index (χ2v) is 6.58. The van der Waals surface area contributed by atoms with E-state index < -0.39 is 0 Å². The van der Waals surface area contributed by atoms with Gasteiger partial charge < -0.3 is 15.3 Å². The first-order valence-electron chi connectivity index (χ1n) is 8.30. The summed E-state index contributed by atoms with van der Waals surface area (Å²) in [5, 5.41) is 13.0. The summed E-state index contributed by atoms with van der Waals surface area (Å²) >= 11 is 0. The fraction of sp³-hybridized carbons (Fsp3) is 0.667. The van der Waals surface area contributed by atoms with Crippen molar-refractivity contribution in [2.75, 3.05) is 32.8 Å². The zero-order chi connectivity index (χ0) is 15.1. The predicted molar refractivity (Wildman–Crippen MR) is 88.6 cm³/mol. The molecule has 0 amide bonds. The Morgan fingerprint density at radius 3 is 2.52 bits per heavy atom. The van der Waals surface area contributed by atoms with Crippen LogP contribution in [0.4, 0.5) is 0 Å². The Labute approximate surface area is 129 Å². The van der Waals surface area contributed by atoms with Gasteiger partial charge in [0.2, 0.25) is 0 Å². The lowest BCUT2D eigenvalue weighted by Crippen LogP contribution is -2.47. The fourth-order valence-electron chi connectivity index (χ4n) is 2.97. The van der Waals surface area contributed by atoms with Gasteiger partial charge in [0.25, 0.3) is 0 Å². The third kappa shape index (κ3) is 5.10. The molecule has 118 valence electrons. The van der Waals surface area contributed by atoms with Crippen LogP contribution in [0.2, 0.25) is 0 Å². The number of aliphatic hydroxyl groups is 1. The van der Waals surface area contributed by atoms with E-state index >= 15 is 0 Å². The minimum atomic E-state index is 0.0915. The molecule has 0 heterocycles. The quantitative estimate of drug-likeness (QED) is 0.694. The van der Waals surface area contributed by atoms with Crippen LogP contribution in [0.1, 0.15) is 38.7 Å². The van der Waals surface area contributed by atoms with Crippen LogP contribution >= 0.6 is 0 Å². The van der Waals surface area contributed by atoms with Gasteiger partial charge in [0.1, 0.15) is 0 Å². The van der Waals surface area contributed by atoms with Gasteiger partial charge in [-0.25, -0.2) is 0 Å². The maximum Gasteiger partial charge on any atom is 0.0558 e. The maximum atomic E-state index is 9.30. The highest BCUT2D eigenvalue weighted by atomic mass is 16.3. The van der Waals surface area contributed by atoms with Crippen LogP contribution in [0, 0.1) is 0 Å². The topological polar surface area (TPSA) is 35.5 Å². The van der Waals surface area contributed by atoms with E-state index in [0.29, 0.717) is 0 Å². The first-order valence-corrected chi connectivity index (χ1v) is 8.30. The Hall–Kier alpha value is -0.900. The lowest BCUT2D eigenvalue weighted by atomic mass is 9.81. The maximum absolute atomic E-state index is 9.30. The van der Waals surface area contributed by atoms with Crippen molar-refractivity contribution in [2.24, 2.45) is 0 Å². The van der Waals surface area contributed by atoms with Crippen molar-refractivity contribution >= 4 is 0 Å². The van der Waals surface area contributed by atoms with Gasteiger partial charge in [0.05, 0.1) is 6.61 Å². The molecule has 1 saturated carbocycles. The number of benzene rings is 1. The largest absolute Gasteiger partial charge is 0.395 e. The van der Waals surface area contributed by atoms with Crippen molar-refractivity contribution in [2.45, 2.75) is 44.6 Å². The summed E-state index contributed by atoms with van der Waals surface area (Å²) in [4.78, 5) is 2.39. The third-order valence-corrected chi connectivity index (χ3v) is 4.36. The van der Waals surface area contributed by atoms with E-state index in [9.17, 15) is 5.11 Å². The zero-order valence-electron chi connectivity index (χ0n) is 13.5. The summed E-state index contributed by atoms with van der Waals surface area (Å²) in [6.07, 6.45) is 3.77. The second-order valence-electron chi connectivity index (χ2n) is 6.58. The summed E-state index contributed by atoms with van der Waals surface area (Å²) in [5.74, 6) is 0. The summed E-state index contributed by atoms with van der Waals surface area (Å²) in [6.45, 7) is 8.59. The molecule has 2 N–H and O–H groups in total. The number of nitrogens with one attached hydrogen (secondary N) is 1. The van der Waals surface area contributed by atoms with Crippen LogP contribution < -0.4 is 5.32 Å². The van der Waals surface area contributed by atoms with Gasteiger partial charge in [0.15, 0.2) is 0 Å². The van der Waals surface area contributed by atoms with Gasteiger partial charge in [-0.05, 0) is 31.4 Å². The van der Waals surface area contributed by atoms with Crippen molar-refractivity contribution < 1.29 is 5.11 Å². The van der Waals surface area contributed by atoms with Gasteiger partial charge in [-0.1, -0.05) is 44.2 Å². The summed E-state index contributed by atoms with van der Waals surface area (Å²) in [7, 11) is 0. The molecule has 0 radical (unpaired) electrons. The van der Waals surface area contributed by atoms with Crippen LogP contribution in [-0.2, 0) is 5.41 Å². The van der Waals surface area contributed by atoms with Gasteiger partial charge in [-0.15, -0.1) is 0 Å². The van der Waals surface area contributed by atoms with Crippen molar-refractivity contribution in [3.8, 4) is 0 Å². The van der Waals surface area contributed by atoms with E-state index in [2.05, 4.69) is 54.4 Å². The first-order chi connectivity index (χ1) is 10.2. The van der Waals surface area contributed by atoms with E-state index in [1.807, 2.05) is 0 Å². The van der Waals surface area contributed by atoms with Gasteiger partial charge in [-0.2, -0.15) is 0 Å². The Kier molecular flexibility index (Phi) is 6.22. The molecular weight excluding hydrogens is 260 g/mol. The van der Waals surface area contributed by atoms with Crippen molar-refractivity contribution in [3.05, 3.63) is 35.9 Å². The minimum absolute atomic E-state index is 0.0915. The van der Waals surface area contributed by atoms with Gasteiger partial charge in [-0.3, -0.25) is 0 Å². The Morgan fingerprint density at radius 1 is 1.24 bits per heavy atom.